The summed E-state index contributed by atoms with van der Waals surface area (Å²) in [5.74, 6) is -2.92. The largest absolute Gasteiger partial charge is 0.487 e. The molecule has 9 heteroatoms. The highest BCUT2D eigenvalue weighted by atomic mass is 32.1. The van der Waals surface area contributed by atoms with Crippen molar-refractivity contribution in [2.75, 3.05) is 5.32 Å². The van der Waals surface area contributed by atoms with Crippen molar-refractivity contribution in [3.05, 3.63) is 75.7 Å². The number of thiazole rings is 1. The molecule has 0 saturated heterocycles. The summed E-state index contributed by atoms with van der Waals surface area (Å²) in [5.41, 5.74) is 0.415. The summed E-state index contributed by atoms with van der Waals surface area (Å²) in [5, 5.41) is 4.94. The van der Waals surface area contributed by atoms with Crippen molar-refractivity contribution in [3.8, 4) is 5.75 Å². The Kier molecular flexibility index (Phi) is 6.73. The average molecular weight is 432 g/mol. The van der Waals surface area contributed by atoms with E-state index >= 15 is 0 Å². The molecule has 30 heavy (non-hydrogen) atoms. The highest BCUT2D eigenvalue weighted by Gasteiger charge is 2.21. The van der Waals surface area contributed by atoms with Crippen LogP contribution in [-0.4, -0.2) is 23.0 Å². The molecule has 2 aromatic carbocycles. The smallest absolute Gasteiger partial charge is 0.338 e. The monoisotopic (exact) mass is 432 g/mol. The molecule has 0 spiro atoms. The van der Waals surface area contributed by atoms with Crippen molar-refractivity contribution in [1.29, 1.82) is 0 Å². The van der Waals surface area contributed by atoms with Crippen LogP contribution in [0, 0.1) is 18.6 Å². The van der Waals surface area contributed by atoms with Gasteiger partial charge in [0, 0.05) is 5.38 Å². The third-order valence-electron chi connectivity index (χ3n) is 4.01. The fourth-order valence-corrected chi connectivity index (χ4v) is 3.04. The van der Waals surface area contributed by atoms with Crippen molar-refractivity contribution >= 4 is 28.9 Å². The van der Waals surface area contributed by atoms with Gasteiger partial charge in [-0.3, -0.25) is 4.79 Å². The standard InChI is InChI=1S/C21H18F2N2O4S/c1-12(20(26)25-19-17(22)4-3-5-18(19)23)29-21(27)14-6-8-16(9-7-14)28-10-15-11-30-13(2)24-15/h3-9,11-12H,10H2,1-2H3,(H,25,26). The van der Waals surface area contributed by atoms with E-state index in [2.05, 4.69) is 10.3 Å². The minimum atomic E-state index is -1.26. The van der Waals surface area contributed by atoms with Gasteiger partial charge in [-0.05, 0) is 50.2 Å². The predicted molar refractivity (Wildman–Crippen MR) is 107 cm³/mol. The van der Waals surface area contributed by atoms with E-state index in [9.17, 15) is 18.4 Å². The third kappa shape index (κ3) is 5.38. The number of rotatable bonds is 7. The number of aryl methyl sites for hydroxylation is 1. The highest BCUT2D eigenvalue weighted by Crippen LogP contribution is 2.19. The number of anilines is 1. The fraction of sp³-hybridized carbons (Fsp3) is 0.190. The van der Waals surface area contributed by atoms with Gasteiger partial charge in [-0.25, -0.2) is 18.6 Å². The van der Waals surface area contributed by atoms with Crippen molar-refractivity contribution < 1.29 is 27.8 Å². The van der Waals surface area contributed by atoms with E-state index in [-0.39, 0.29) is 5.56 Å². The SMILES string of the molecule is Cc1nc(COc2ccc(C(=O)OC(C)C(=O)Nc3c(F)cccc3F)cc2)cs1. The number of ether oxygens (including phenoxy) is 2. The molecule has 0 aliphatic rings. The van der Waals surface area contributed by atoms with Gasteiger partial charge < -0.3 is 14.8 Å². The maximum absolute atomic E-state index is 13.6. The van der Waals surface area contributed by atoms with Crippen LogP contribution in [0.4, 0.5) is 14.5 Å². The first kappa shape index (κ1) is 21.4. The van der Waals surface area contributed by atoms with Crippen molar-refractivity contribution in [1.82, 2.24) is 4.98 Å². The Morgan fingerprint density at radius 2 is 1.80 bits per heavy atom. The Bertz CT molecular complexity index is 1030. The molecule has 1 N–H and O–H groups in total. The van der Waals surface area contributed by atoms with Crippen molar-refractivity contribution in [2.45, 2.75) is 26.6 Å². The molecule has 6 nitrogen and oxygen atoms in total. The Hall–Kier alpha value is -3.33. The zero-order valence-corrected chi connectivity index (χ0v) is 17.0. The highest BCUT2D eigenvalue weighted by molar-refractivity contribution is 7.09. The molecule has 0 saturated carbocycles. The third-order valence-corrected chi connectivity index (χ3v) is 4.83. The van der Waals surface area contributed by atoms with Crippen molar-refractivity contribution in [2.24, 2.45) is 0 Å². The summed E-state index contributed by atoms with van der Waals surface area (Å²) in [6, 6.07) is 9.36. The number of nitrogens with one attached hydrogen (secondary N) is 1. The molecule has 156 valence electrons. The van der Waals surface area contributed by atoms with Crippen LogP contribution >= 0.6 is 11.3 Å². The van der Waals surface area contributed by atoms with Crippen molar-refractivity contribution in [3.63, 3.8) is 0 Å². The van der Waals surface area contributed by atoms with E-state index in [4.69, 9.17) is 9.47 Å². The van der Waals surface area contributed by atoms with E-state index in [0.717, 1.165) is 22.8 Å². The number of nitrogens with zero attached hydrogens (tertiary/aromatic N) is 1. The van der Waals surface area contributed by atoms with Gasteiger partial charge >= 0.3 is 5.97 Å². The first-order valence-corrected chi connectivity index (χ1v) is 9.81. The van der Waals surface area contributed by atoms with Gasteiger partial charge in [-0.2, -0.15) is 0 Å². The topological polar surface area (TPSA) is 77.5 Å². The molecule has 0 fully saturated rings. The molecule has 0 radical (unpaired) electrons. The second kappa shape index (κ2) is 9.45. The number of amides is 1. The van der Waals surface area contributed by atoms with Gasteiger partial charge in [-0.15, -0.1) is 11.3 Å². The molecule has 0 aliphatic heterocycles. The predicted octanol–water partition coefficient (Wildman–Crippen LogP) is 4.49. The molecular formula is C21H18F2N2O4S. The molecule has 0 bridgehead atoms. The van der Waals surface area contributed by atoms with E-state index in [0.29, 0.717) is 12.4 Å². The first-order valence-electron chi connectivity index (χ1n) is 8.93. The summed E-state index contributed by atoms with van der Waals surface area (Å²) in [6.07, 6.45) is -1.26. The lowest BCUT2D eigenvalue weighted by atomic mass is 10.2. The second-order valence-electron chi connectivity index (χ2n) is 6.30. The van der Waals surface area contributed by atoms with E-state index in [1.165, 1.54) is 36.5 Å². The summed E-state index contributed by atoms with van der Waals surface area (Å²) < 4.78 is 38.0. The molecule has 3 rings (SSSR count). The molecular weight excluding hydrogens is 414 g/mol. The fourth-order valence-electron chi connectivity index (χ4n) is 2.44. The lowest BCUT2D eigenvalue weighted by molar-refractivity contribution is -0.123. The Morgan fingerprint density at radius 3 is 2.40 bits per heavy atom. The Labute approximate surface area is 175 Å². The van der Waals surface area contributed by atoms with E-state index in [1.54, 1.807) is 12.1 Å². The number of carbonyl (C=O) groups is 2. The average Bonchev–Trinajstić information content (AvgIpc) is 3.14. The number of benzene rings is 2. The lowest BCUT2D eigenvalue weighted by Crippen LogP contribution is -2.30. The number of esters is 1. The molecule has 1 aromatic heterocycles. The first-order chi connectivity index (χ1) is 14.3. The minimum Gasteiger partial charge on any atom is -0.487 e. The van der Waals surface area contributed by atoms with Crippen LogP contribution in [0.5, 0.6) is 5.75 Å². The lowest BCUT2D eigenvalue weighted by Gasteiger charge is -2.14. The van der Waals surface area contributed by atoms with Crippen LogP contribution in [0.15, 0.2) is 47.8 Å². The van der Waals surface area contributed by atoms with Gasteiger partial charge in [0.1, 0.15) is 29.7 Å². The maximum Gasteiger partial charge on any atom is 0.338 e. The number of aromatic nitrogens is 1. The quantitative estimate of drug-likeness (QED) is 0.557. The summed E-state index contributed by atoms with van der Waals surface area (Å²) >= 11 is 1.53. The minimum absolute atomic E-state index is 0.198. The zero-order chi connectivity index (χ0) is 21.7. The van der Waals surface area contributed by atoms with Gasteiger partial charge in [0.25, 0.3) is 5.91 Å². The van der Waals surface area contributed by atoms with Gasteiger partial charge in [0.15, 0.2) is 6.10 Å². The molecule has 3 aromatic rings. The number of halogens is 2. The van der Waals surface area contributed by atoms with Crippen LogP contribution in [0.1, 0.15) is 28.0 Å². The summed E-state index contributed by atoms with van der Waals surface area (Å²) in [4.78, 5) is 28.6. The Balaban J connectivity index is 1.55. The van der Waals surface area contributed by atoms with Crippen LogP contribution in [0.3, 0.4) is 0 Å². The van der Waals surface area contributed by atoms with Crippen LogP contribution in [-0.2, 0) is 16.1 Å². The van der Waals surface area contributed by atoms with Crippen LogP contribution in [0.25, 0.3) is 0 Å². The molecule has 0 aliphatic carbocycles. The summed E-state index contributed by atoms with van der Waals surface area (Å²) in [7, 11) is 0. The van der Waals surface area contributed by atoms with Gasteiger partial charge in [-0.1, -0.05) is 6.07 Å². The Morgan fingerprint density at radius 1 is 1.13 bits per heavy atom. The van der Waals surface area contributed by atoms with E-state index in [1.807, 2.05) is 12.3 Å². The van der Waals surface area contributed by atoms with Gasteiger partial charge in [0.05, 0.1) is 16.3 Å². The number of carbonyl (C=O) groups excluding carboxylic acids is 2. The second-order valence-corrected chi connectivity index (χ2v) is 7.37. The number of para-hydroxylation sites is 1. The maximum atomic E-state index is 13.6. The number of hydrogen-bond donors (Lipinski definition) is 1. The molecule has 1 amide bonds. The molecule has 1 unspecified atom stereocenters. The zero-order valence-electron chi connectivity index (χ0n) is 16.1. The number of hydrogen-bond acceptors (Lipinski definition) is 6. The van der Waals surface area contributed by atoms with E-state index < -0.39 is 35.3 Å². The molecule has 1 heterocycles. The van der Waals surface area contributed by atoms with Gasteiger partial charge in [0.2, 0.25) is 0 Å². The normalized spacial score (nSPS) is 11.6. The molecule has 1 atom stereocenters. The summed E-state index contributed by atoms with van der Waals surface area (Å²) in [6.45, 7) is 3.51. The van der Waals surface area contributed by atoms with Crippen LogP contribution in [0.2, 0.25) is 0 Å². The van der Waals surface area contributed by atoms with Crippen LogP contribution < -0.4 is 10.1 Å².